The summed E-state index contributed by atoms with van der Waals surface area (Å²) in [5.41, 5.74) is 1.27. The lowest BCUT2D eigenvalue weighted by molar-refractivity contribution is -0.123. The molecular formula is C16H26ClN3O2. The van der Waals surface area contributed by atoms with Crippen LogP contribution in [0.15, 0.2) is 24.3 Å². The Balaban J connectivity index is 0.00000242. The van der Waals surface area contributed by atoms with Crippen molar-refractivity contribution >= 4 is 18.3 Å². The summed E-state index contributed by atoms with van der Waals surface area (Å²) in [7, 11) is 0. The Labute approximate surface area is 138 Å². The highest BCUT2D eigenvalue weighted by molar-refractivity contribution is 5.85. The standard InChI is InChI=1S/C16H25N3O2.ClH/c1-2-14-3-5-15(6-4-14)21-13-16(20)18-9-12-19-10-7-17-8-11-19;/h3-6,17H,2,7-13H2,1H3,(H,18,20);1H. The first-order valence-electron chi connectivity index (χ1n) is 7.69. The van der Waals surface area contributed by atoms with Gasteiger partial charge in [0.25, 0.3) is 5.91 Å². The lowest BCUT2D eigenvalue weighted by Gasteiger charge is -2.27. The van der Waals surface area contributed by atoms with E-state index in [-0.39, 0.29) is 24.9 Å². The second-order valence-corrected chi connectivity index (χ2v) is 5.23. The van der Waals surface area contributed by atoms with Crippen molar-refractivity contribution in [2.75, 3.05) is 45.9 Å². The Morgan fingerprint density at radius 3 is 2.59 bits per heavy atom. The van der Waals surface area contributed by atoms with Crippen molar-refractivity contribution in [3.8, 4) is 5.75 Å². The van der Waals surface area contributed by atoms with E-state index in [2.05, 4.69) is 22.5 Å². The second kappa shape index (κ2) is 10.4. The summed E-state index contributed by atoms with van der Waals surface area (Å²) < 4.78 is 5.47. The van der Waals surface area contributed by atoms with Crippen molar-refractivity contribution in [2.45, 2.75) is 13.3 Å². The molecule has 1 aliphatic heterocycles. The number of carbonyl (C=O) groups excluding carboxylic acids is 1. The van der Waals surface area contributed by atoms with Gasteiger partial charge >= 0.3 is 0 Å². The van der Waals surface area contributed by atoms with Gasteiger partial charge < -0.3 is 15.4 Å². The average Bonchev–Trinajstić information content (AvgIpc) is 2.54. The highest BCUT2D eigenvalue weighted by Gasteiger charge is 2.09. The van der Waals surface area contributed by atoms with E-state index in [4.69, 9.17) is 4.74 Å². The fourth-order valence-electron chi connectivity index (χ4n) is 2.31. The maximum Gasteiger partial charge on any atom is 0.257 e. The lowest BCUT2D eigenvalue weighted by Crippen LogP contribution is -2.46. The maximum absolute atomic E-state index is 11.7. The Morgan fingerprint density at radius 1 is 1.27 bits per heavy atom. The van der Waals surface area contributed by atoms with Gasteiger partial charge in [0.1, 0.15) is 5.75 Å². The van der Waals surface area contributed by atoms with Crippen molar-refractivity contribution in [1.82, 2.24) is 15.5 Å². The molecule has 1 aromatic carbocycles. The van der Waals surface area contributed by atoms with Crippen LogP contribution >= 0.6 is 12.4 Å². The van der Waals surface area contributed by atoms with E-state index in [0.717, 1.165) is 44.9 Å². The first kappa shape index (κ1) is 18.7. The minimum absolute atomic E-state index is 0. The first-order valence-corrected chi connectivity index (χ1v) is 7.69. The van der Waals surface area contributed by atoms with Crippen LogP contribution in [-0.2, 0) is 11.2 Å². The summed E-state index contributed by atoms with van der Waals surface area (Å²) in [5, 5.41) is 6.21. The summed E-state index contributed by atoms with van der Waals surface area (Å²) in [6, 6.07) is 7.87. The zero-order valence-corrected chi connectivity index (χ0v) is 14.0. The molecule has 0 saturated carbocycles. The van der Waals surface area contributed by atoms with Gasteiger partial charge in [0.2, 0.25) is 0 Å². The molecule has 22 heavy (non-hydrogen) atoms. The van der Waals surface area contributed by atoms with Crippen molar-refractivity contribution in [1.29, 1.82) is 0 Å². The molecule has 1 heterocycles. The predicted molar refractivity (Wildman–Crippen MR) is 90.9 cm³/mol. The number of halogens is 1. The number of benzene rings is 1. The number of hydrogen-bond donors (Lipinski definition) is 2. The van der Waals surface area contributed by atoms with E-state index in [1.807, 2.05) is 24.3 Å². The molecule has 1 amide bonds. The molecule has 0 atom stereocenters. The summed E-state index contributed by atoms with van der Waals surface area (Å²) in [6.45, 7) is 7.94. The number of nitrogens with zero attached hydrogens (tertiary/aromatic N) is 1. The van der Waals surface area contributed by atoms with Gasteiger partial charge in [-0.05, 0) is 24.1 Å². The van der Waals surface area contributed by atoms with Crippen LogP contribution in [0.1, 0.15) is 12.5 Å². The van der Waals surface area contributed by atoms with E-state index in [0.29, 0.717) is 6.54 Å². The fourth-order valence-corrected chi connectivity index (χ4v) is 2.31. The molecule has 2 N–H and O–H groups in total. The molecule has 5 nitrogen and oxygen atoms in total. The number of amides is 1. The highest BCUT2D eigenvalue weighted by Crippen LogP contribution is 2.12. The van der Waals surface area contributed by atoms with Gasteiger partial charge in [-0.15, -0.1) is 12.4 Å². The zero-order valence-electron chi connectivity index (χ0n) is 13.1. The summed E-state index contributed by atoms with van der Waals surface area (Å²) >= 11 is 0. The number of carbonyl (C=O) groups is 1. The number of aryl methyl sites for hydroxylation is 1. The zero-order chi connectivity index (χ0) is 14.9. The molecule has 0 spiro atoms. The van der Waals surface area contributed by atoms with Gasteiger partial charge in [-0.3, -0.25) is 9.69 Å². The third-order valence-electron chi connectivity index (χ3n) is 3.66. The Kier molecular flexibility index (Phi) is 8.89. The van der Waals surface area contributed by atoms with Crippen molar-refractivity contribution < 1.29 is 9.53 Å². The SMILES string of the molecule is CCc1ccc(OCC(=O)NCCN2CCNCC2)cc1.Cl. The number of piperazine rings is 1. The molecule has 1 saturated heterocycles. The van der Waals surface area contributed by atoms with Crippen molar-refractivity contribution in [2.24, 2.45) is 0 Å². The third-order valence-corrected chi connectivity index (χ3v) is 3.66. The van der Waals surface area contributed by atoms with Crippen LogP contribution < -0.4 is 15.4 Å². The minimum Gasteiger partial charge on any atom is -0.484 e. The molecule has 1 fully saturated rings. The van der Waals surface area contributed by atoms with Gasteiger partial charge in [0, 0.05) is 39.3 Å². The number of rotatable bonds is 7. The Bertz CT molecular complexity index is 434. The quantitative estimate of drug-likeness (QED) is 0.786. The largest absolute Gasteiger partial charge is 0.484 e. The number of nitrogens with one attached hydrogen (secondary N) is 2. The number of hydrogen-bond acceptors (Lipinski definition) is 4. The van der Waals surface area contributed by atoms with E-state index in [1.54, 1.807) is 0 Å². The second-order valence-electron chi connectivity index (χ2n) is 5.23. The van der Waals surface area contributed by atoms with Gasteiger partial charge in [-0.1, -0.05) is 19.1 Å². The van der Waals surface area contributed by atoms with Crippen LogP contribution in [0.25, 0.3) is 0 Å². The van der Waals surface area contributed by atoms with E-state index < -0.39 is 0 Å². The molecule has 0 unspecified atom stereocenters. The summed E-state index contributed by atoms with van der Waals surface area (Å²) in [6.07, 6.45) is 1.01. The van der Waals surface area contributed by atoms with Gasteiger partial charge in [-0.25, -0.2) is 0 Å². The Hall–Kier alpha value is -1.30. The van der Waals surface area contributed by atoms with E-state index in [9.17, 15) is 4.79 Å². The molecule has 124 valence electrons. The normalized spacial score (nSPS) is 15.0. The highest BCUT2D eigenvalue weighted by atomic mass is 35.5. The van der Waals surface area contributed by atoms with Crippen LogP contribution in [-0.4, -0.2) is 56.7 Å². The van der Waals surface area contributed by atoms with Crippen molar-refractivity contribution in [3.63, 3.8) is 0 Å². The molecule has 1 aromatic rings. The van der Waals surface area contributed by atoms with Gasteiger partial charge in [0.15, 0.2) is 6.61 Å². The monoisotopic (exact) mass is 327 g/mol. The third kappa shape index (κ3) is 6.64. The van der Waals surface area contributed by atoms with Crippen LogP contribution in [0.2, 0.25) is 0 Å². The van der Waals surface area contributed by atoms with Crippen LogP contribution in [0.3, 0.4) is 0 Å². The topological polar surface area (TPSA) is 53.6 Å². The van der Waals surface area contributed by atoms with Gasteiger partial charge in [-0.2, -0.15) is 0 Å². The van der Waals surface area contributed by atoms with E-state index >= 15 is 0 Å². The molecule has 6 heteroatoms. The Morgan fingerprint density at radius 2 is 1.95 bits per heavy atom. The van der Waals surface area contributed by atoms with Crippen LogP contribution in [0, 0.1) is 0 Å². The molecular weight excluding hydrogens is 302 g/mol. The maximum atomic E-state index is 11.7. The number of ether oxygens (including phenoxy) is 1. The molecule has 0 bridgehead atoms. The van der Waals surface area contributed by atoms with Crippen LogP contribution in [0.5, 0.6) is 5.75 Å². The lowest BCUT2D eigenvalue weighted by atomic mass is 10.2. The van der Waals surface area contributed by atoms with Crippen molar-refractivity contribution in [3.05, 3.63) is 29.8 Å². The molecule has 0 aliphatic carbocycles. The summed E-state index contributed by atoms with van der Waals surface area (Å²) in [5.74, 6) is 0.675. The smallest absolute Gasteiger partial charge is 0.257 e. The first-order chi connectivity index (χ1) is 10.3. The molecule has 0 aromatic heterocycles. The fraction of sp³-hybridized carbons (Fsp3) is 0.562. The molecule has 0 radical (unpaired) electrons. The molecule has 1 aliphatic rings. The predicted octanol–water partition coefficient (Wildman–Crippen LogP) is 1.07. The molecule has 2 rings (SSSR count). The average molecular weight is 328 g/mol. The summed E-state index contributed by atoms with van der Waals surface area (Å²) in [4.78, 5) is 14.1. The minimum atomic E-state index is -0.0651. The van der Waals surface area contributed by atoms with Gasteiger partial charge in [0.05, 0.1) is 0 Å². The van der Waals surface area contributed by atoms with E-state index in [1.165, 1.54) is 5.56 Å². The van der Waals surface area contributed by atoms with Crippen LogP contribution in [0.4, 0.5) is 0 Å².